The van der Waals surface area contributed by atoms with E-state index < -0.39 is 31.7 Å². The van der Waals surface area contributed by atoms with Gasteiger partial charge in [-0.25, -0.2) is 0 Å². The molecule has 224 valence electrons. The minimum absolute atomic E-state index is 0.0418. The van der Waals surface area contributed by atoms with Gasteiger partial charge in [-0.1, -0.05) is 92.6 Å². The van der Waals surface area contributed by atoms with E-state index in [-0.39, 0.29) is 24.2 Å². The van der Waals surface area contributed by atoms with Crippen LogP contribution < -0.4 is 0 Å². The lowest BCUT2D eigenvalue weighted by atomic mass is 9.72. The van der Waals surface area contributed by atoms with Gasteiger partial charge < -0.3 is 28.5 Å². The lowest BCUT2D eigenvalue weighted by Crippen LogP contribution is -2.61. The van der Waals surface area contributed by atoms with Crippen LogP contribution in [0.25, 0.3) is 0 Å². The van der Waals surface area contributed by atoms with Crippen molar-refractivity contribution in [1.82, 2.24) is 0 Å². The smallest absolute Gasteiger partial charge is 0.200 e. The Hall–Kier alpha value is -0.803. The van der Waals surface area contributed by atoms with Gasteiger partial charge in [0.2, 0.25) is 8.32 Å². The second-order valence-electron chi connectivity index (χ2n) is 13.5. The van der Waals surface area contributed by atoms with E-state index in [4.69, 9.17) is 23.4 Å². The Balaban J connectivity index is 1.92. The second-order valence-corrected chi connectivity index (χ2v) is 18.9. The molecule has 1 spiro atoms. The summed E-state index contributed by atoms with van der Waals surface area (Å²) in [4.78, 5) is 0. The number of benzene rings is 1. The molecule has 0 radical (unpaired) electrons. The van der Waals surface area contributed by atoms with Gasteiger partial charge in [0.25, 0.3) is 0 Å². The molecule has 0 amide bonds. The van der Waals surface area contributed by atoms with Gasteiger partial charge in [0.15, 0.2) is 5.79 Å². The van der Waals surface area contributed by atoms with Crippen molar-refractivity contribution in [2.45, 2.75) is 142 Å². The number of methoxy groups -OCH3 is 1. The lowest BCUT2D eigenvalue weighted by molar-refractivity contribution is -0.334. The van der Waals surface area contributed by atoms with E-state index in [9.17, 15) is 5.11 Å². The molecule has 2 saturated heterocycles. The van der Waals surface area contributed by atoms with Gasteiger partial charge in [0.1, 0.15) is 6.10 Å². The van der Waals surface area contributed by atoms with Crippen LogP contribution in [0, 0.1) is 11.3 Å². The van der Waals surface area contributed by atoms with Crippen LogP contribution in [-0.4, -0.2) is 63.4 Å². The van der Waals surface area contributed by atoms with Gasteiger partial charge in [-0.3, -0.25) is 0 Å². The summed E-state index contributed by atoms with van der Waals surface area (Å²) in [5, 5.41) is 11.5. The average Bonchev–Trinajstić information content (AvgIpc) is 3.07. The average molecular weight is 565 g/mol. The minimum Gasteiger partial charge on any atom is -0.413 e. The van der Waals surface area contributed by atoms with Crippen molar-refractivity contribution in [2.75, 3.05) is 13.7 Å². The Kier molecular flexibility index (Phi) is 10.9. The molecule has 39 heavy (non-hydrogen) atoms. The van der Waals surface area contributed by atoms with Gasteiger partial charge in [0, 0.05) is 31.5 Å². The fraction of sp³-hybridized carbons (Fsp3) is 0.812. The molecule has 1 aromatic carbocycles. The van der Waals surface area contributed by atoms with Crippen LogP contribution in [0.15, 0.2) is 30.3 Å². The summed E-state index contributed by atoms with van der Waals surface area (Å²) in [6.45, 7) is 23.5. The molecule has 2 aliphatic rings. The maximum absolute atomic E-state index is 11.5. The molecule has 2 heterocycles. The summed E-state index contributed by atoms with van der Waals surface area (Å²) >= 11 is 0. The first-order valence-corrected chi connectivity index (χ1v) is 17.2. The van der Waals surface area contributed by atoms with Crippen LogP contribution in [0.4, 0.5) is 0 Å². The third-order valence-electron chi connectivity index (χ3n) is 9.90. The molecule has 0 saturated carbocycles. The first kappa shape index (κ1) is 32.7. The molecule has 1 aromatic rings. The zero-order valence-electron chi connectivity index (χ0n) is 26.4. The molecule has 2 fully saturated rings. The number of rotatable bonds is 12. The van der Waals surface area contributed by atoms with Crippen LogP contribution in [0.1, 0.15) is 87.6 Å². The van der Waals surface area contributed by atoms with E-state index in [2.05, 4.69) is 74.4 Å². The second kappa shape index (κ2) is 13.0. The number of hydrogen-bond donors (Lipinski definition) is 1. The molecule has 2 aliphatic heterocycles. The highest BCUT2D eigenvalue weighted by Crippen LogP contribution is 2.56. The molecule has 0 unspecified atom stereocenters. The molecule has 6 nitrogen and oxygen atoms in total. The lowest BCUT2D eigenvalue weighted by Gasteiger charge is -2.54. The molecule has 3 rings (SSSR count). The van der Waals surface area contributed by atoms with Crippen molar-refractivity contribution in [3.8, 4) is 0 Å². The van der Waals surface area contributed by atoms with Crippen molar-refractivity contribution in [2.24, 2.45) is 11.3 Å². The van der Waals surface area contributed by atoms with Gasteiger partial charge in [-0.15, -0.1) is 0 Å². The summed E-state index contributed by atoms with van der Waals surface area (Å²) in [7, 11) is -0.513. The highest BCUT2D eigenvalue weighted by molar-refractivity contribution is 6.77. The predicted octanol–water partition coefficient (Wildman–Crippen LogP) is 7.10. The molecule has 0 aromatic heterocycles. The standard InChI is InChI=1S/C32H56O6Si/c1-21(2)39(22(3)4,23(5)6)38-28-19-32(31(9,10)30(33)29(37-32)25(8)34-11)36-27(24(28)7)17-18-35-20-26-15-13-12-14-16-26/h12-16,21-25,27-30,33H,17-20H2,1-11H3/t24-,25+,27+,28-,29-,30+,32-/m0/s1. The Morgan fingerprint density at radius 1 is 0.974 bits per heavy atom. The van der Waals surface area contributed by atoms with E-state index in [0.29, 0.717) is 36.3 Å². The van der Waals surface area contributed by atoms with E-state index in [1.807, 2.05) is 25.1 Å². The van der Waals surface area contributed by atoms with Crippen LogP contribution >= 0.6 is 0 Å². The first-order chi connectivity index (χ1) is 18.2. The Labute approximate surface area is 239 Å². The SMILES string of the molecule is CO[C@H](C)[C@@H]1O[C@@]2(C[C@H](O[Si](C(C)C)(C(C)C)C(C)C)[C@@H](C)[C@@H](CCOCc3ccccc3)O2)C(C)(C)[C@@H]1O. The van der Waals surface area contributed by atoms with E-state index in [0.717, 1.165) is 12.0 Å². The van der Waals surface area contributed by atoms with Gasteiger partial charge in [-0.2, -0.15) is 0 Å². The zero-order valence-corrected chi connectivity index (χ0v) is 27.4. The highest BCUT2D eigenvalue weighted by atomic mass is 28.4. The molecule has 0 aliphatic carbocycles. The van der Waals surface area contributed by atoms with Crippen molar-refractivity contribution < 1.29 is 28.5 Å². The fourth-order valence-corrected chi connectivity index (χ4v) is 12.9. The summed E-state index contributed by atoms with van der Waals surface area (Å²) in [5.41, 5.74) is 1.93. The summed E-state index contributed by atoms with van der Waals surface area (Å²) < 4.78 is 32.9. The van der Waals surface area contributed by atoms with Crippen LogP contribution in [0.3, 0.4) is 0 Å². The van der Waals surface area contributed by atoms with Gasteiger partial charge in [0.05, 0.1) is 31.0 Å². The molecule has 0 bridgehead atoms. The van der Waals surface area contributed by atoms with Gasteiger partial charge >= 0.3 is 0 Å². The number of aliphatic hydroxyl groups is 1. The molecule has 7 atom stereocenters. The summed E-state index contributed by atoms with van der Waals surface area (Å²) in [6, 6.07) is 10.3. The molecule has 1 N–H and O–H groups in total. The maximum Gasteiger partial charge on any atom is 0.200 e. The zero-order chi connectivity index (χ0) is 29.2. The number of aliphatic hydroxyl groups excluding tert-OH is 1. The van der Waals surface area contributed by atoms with Crippen LogP contribution in [-0.2, 0) is 30.0 Å². The Morgan fingerprint density at radius 3 is 2.10 bits per heavy atom. The first-order valence-electron chi connectivity index (χ1n) is 15.1. The quantitative estimate of drug-likeness (QED) is 0.216. The van der Waals surface area contributed by atoms with E-state index >= 15 is 0 Å². The third kappa shape index (κ3) is 6.35. The van der Waals surface area contributed by atoms with Gasteiger partial charge in [-0.05, 0) is 35.5 Å². The molecular formula is C32H56O6Si. The normalized spacial score (nSPS) is 32.0. The maximum atomic E-state index is 11.5. The minimum atomic E-state index is -2.17. The highest BCUT2D eigenvalue weighted by Gasteiger charge is 2.66. The van der Waals surface area contributed by atoms with E-state index in [1.165, 1.54) is 0 Å². The predicted molar refractivity (Wildman–Crippen MR) is 159 cm³/mol. The molecule has 7 heteroatoms. The van der Waals surface area contributed by atoms with Crippen molar-refractivity contribution >= 4 is 8.32 Å². The van der Waals surface area contributed by atoms with Crippen LogP contribution in [0.5, 0.6) is 0 Å². The largest absolute Gasteiger partial charge is 0.413 e. The molecular weight excluding hydrogens is 508 g/mol. The number of ether oxygens (including phenoxy) is 4. The number of hydrogen-bond acceptors (Lipinski definition) is 6. The fourth-order valence-electron chi connectivity index (χ4n) is 7.24. The Bertz CT molecular complexity index is 868. The summed E-state index contributed by atoms with van der Waals surface area (Å²) in [5.74, 6) is -0.814. The van der Waals surface area contributed by atoms with E-state index in [1.54, 1.807) is 7.11 Å². The monoisotopic (exact) mass is 564 g/mol. The topological polar surface area (TPSA) is 66.4 Å². The van der Waals surface area contributed by atoms with Crippen molar-refractivity contribution in [3.63, 3.8) is 0 Å². The van der Waals surface area contributed by atoms with Crippen molar-refractivity contribution in [3.05, 3.63) is 35.9 Å². The summed E-state index contributed by atoms with van der Waals surface area (Å²) in [6.07, 6.45) is -0.303. The van der Waals surface area contributed by atoms with Crippen LogP contribution in [0.2, 0.25) is 16.6 Å². The van der Waals surface area contributed by atoms with Crippen molar-refractivity contribution in [1.29, 1.82) is 0 Å². The third-order valence-corrected chi connectivity index (χ3v) is 16.0. The Morgan fingerprint density at radius 2 is 1.56 bits per heavy atom.